The van der Waals surface area contributed by atoms with E-state index in [0.717, 1.165) is 60.7 Å². The van der Waals surface area contributed by atoms with Crippen molar-refractivity contribution in [2.24, 2.45) is 0 Å². The molecule has 0 saturated carbocycles. The number of halogens is 1. The minimum atomic E-state index is -0.346. The number of esters is 1. The van der Waals surface area contributed by atoms with E-state index in [1.165, 1.54) is 6.92 Å². The zero-order valence-electron chi connectivity index (χ0n) is 21.1. The Morgan fingerprint density at radius 2 is 1.70 bits per heavy atom. The van der Waals surface area contributed by atoms with Gasteiger partial charge in [-0.2, -0.15) is 0 Å². The van der Waals surface area contributed by atoms with E-state index in [4.69, 9.17) is 25.8 Å². The Kier molecular flexibility index (Phi) is 9.40. The fraction of sp³-hybridized carbons (Fsp3) is 0.258. The van der Waals surface area contributed by atoms with E-state index in [-0.39, 0.29) is 5.97 Å². The maximum atomic E-state index is 11.2. The van der Waals surface area contributed by atoms with E-state index in [9.17, 15) is 4.79 Å². The van der Waals surface area contributed by atoms with Crippen LogP contribution in [0.1, 0.15) is 29.2 Å². The van der Waals surface area contributed by atoms with Gasteiger partial charge >= 0.3 is 5.97 Å². The highest BCUT2D eigenvalue weighted by molar-refractivity contribution is 6.30. The van der Waals surface area contributed by atoms with Gasteiger partial charge in [0.05, 0.1) is 19.8 Å². The summed E-state index contributed by atoms with van der Waals surface area (Å²) in [5.41, 5.74) is 4.95. The van der Waals surface area contributed by atoms with Crippen LogP contribution in [0.25, 0.3) is 5.57 Å². The van der Waals surface area contributed by atoms with Crippen molar-refractivity contribution in [3.63, 3.8) is 0 Å². The van der Waals surface area contributed by atoms with Crippen LogP contribution in [0.2, 0.25) is 5.02 Å². The highest BCUT2D eigenvalue weighted by Crippen LogP contribution is 2.27. The largest absolute Gasteiger partial charge is 0.489 e. The summed E-state index contributed by atoms with van der Waals surface area (Å²) in [6, 6.07) is 21.4. The van der Waals surface area contributed by atoms with Crippen molar-refractivity contribution < 1.29 is 19.0 Å². The number of carbonyl (C=O) groups excluding carboxylic acids is 1. The second-order valence-electron chi connectivity index (χ2n) is 8.72. The highest BCUT2D eigenvalue weighted by Gasteiger charge is 2.09. The molecule has 0 radical (unpaired) electrons. The molecule has 0 amide bonds. The molecule has 4 rings (SSSR count). The van der Waals surface area contributed by atoms with Crippen molar-refractivity contribution >= 4 is 23.1 Å². The number of hydrogen-bond acceptors (Lipinski definition) is 5. The van der Waals surface area contributed by atoms with Gasteiger partial charge in [-0.15, -0.1) is 0 Å². The van der Waals surface area contributed by atoms with Gasteiger partial charge in [-0.1, -0.05) is 47.7 Å². The van der Waals surface area contributed by atoms with Crippen molar-refractivity contribution in [2.75, 3.05) is 39.5 Å². The average Bonchev–Trinajstić information content (AvgIpc) is 2.90. The molecule has 1 aliphatic rings. The number of rotatable bonds is 7. The van der Waals surface area contributed by atoms with Gasteiger partial charge in [0.15, 0.2) is 0 Å². The van der Waals surface area contributed by atoms with Crippen molar-refractivity contribution in [2.45, 2.75) is 13.8 Å². The average molecular weight is 516 g/mol. The first-order valence-electron chi connectivity index (χ1n) is 12.3. The molecule has 0 N–H and O–H groups in total. The summed E-state index contributed by atoms with van der Waals surface area (Å²) in [5, 5.41) is 0.689. The van der Waals surface area contributed by atoms with E-state index >= 15 is 0 Å². The lowest BCUT2D eigenvalue weighted by Crippen LogP contribution is -2.36. The lowest BCUT2D eigenvalue weighted by Gasteiger charge is -2.24. The van der Waals surface area contributed by atoms with Gasteiger partial charge in [0.25, 0.3) is 0 Å². The summed E-state index contributed by atoms with van der Waals surface area (Å²) in [4.78, 5) is 13.5. The number of ether oxygens (including phenoxy) is 3. The van der Waals surface area contributed by atoms with Crippen LogP contribution in [-0.2, 0) is 9.53 Å². The number of carbonyl (C=O) groups is 1. The van der Waals surface area contributed by atoms with Crippen LogP contribution in [0.5, 0.6) is 11.5 Å². The fourth-order valence-corrected chi connectivity index (χ4v) is 4.11. The maximum Gasteiger partial charge on any atom is 0.308 e. The van der Waals surface area contributed by atoms with Crippen LogP contribution < -0.4 is 9.47 Å². The van der Waals surface area contributed by atoms with Crippen molar-refractivity contribution in [3.05, 3.63) is 100 Å². The standard InChI is InChI=1S/C31H30ClNO4/c1-23-22-29(13-14-31(23)37-24(2)34)36-19-15-30(27-9-11-28(32)12-10-27)26-7-5-25(6-8-26)4-3-16-33-17-20-35-21-18-33/h5-15,22H,16-21H2,1-2H3/b30-15+. The van der Waals surface area contributed by atoms with Crippen LogP contribution in [0.4, 0.5) is 0 Å². The Hall–Kier alpha value is -3.56. The Morgan fingerprint density at radius 1 is 1.03 bits per heavy atom. The molecular weight excluding hydrogens is 486 g/mol. The lowest BCUT2D eigenvalue weighted by atomic mass is 9.97. The van der Waals surface area contributed by atoms with Gasteiger partial charge in [0, 0.05) is 30.6 Å². The zero-order chi connectivity index (χ0) is 26.0. The molecule has 0 unspecified atom stereocenters. The molecule has 6 heteroatoms. The van der Waals surface area contributed by atoms with Crippen molar-refractivity contribution in [3.8, 4) is 23.3 Å². The number of hydrogen-bond donors (Lipinski definition) is 0. The van der Waals surface area contributed by atoms with Gasteiger partial charge in [-0.05, 0) is 77.7 Å². The molecule has 1 saturated heterocycles. The molecule has 1 heterocycles. The molecule has 5 nitrogen and oxygen atoms in total. The maximum absolute atomic E-state index is 11.2. The Bertz CT molecular complexity index is 1300. The van der Waals surface area contributed by atoms with Crippen LogP contribution >= 0.6 is 11.6 Å². The van der Waals surface area contributed by atoms with Gasteiger partial charge < -0.3 is 14.2 Å². The Balaban J connectivity index is 1.48. The quantitative estimate of drug-likeness (QED) is 0.227. The van der Waals surface area contributed by atoms with E-state index in [1.54, 1.807) is 12.1 Å². The number of aryl methyl sites for hydroxylation is 1. The van der Waals surface area contributed by atoms with E-state index in [2.05, 4.69) is 34.9 Å². The van der Waals surface area contributed by atoms with E-state index in [0.29, 0.717) is 23.1 Å². The smallest absolute Gasteiger partial charge is 0.308 e. The van der Waals surface area contributed by atoms with Crippen LogP contribution in [0.3, 0.4) is 0 Å². The van der Waals surface area contributed by atoms with Crippen molar-refractivity contribution in [1.82, 2.24) is 4.90 Å². The first kappa shape index (κ1) is 26.5. The molecule has 1 aliphatic heterocycles. The third-order valence-electron chi connectivity index (χ3n) is 5.93. The number of morpholine rings is 1. The van der Waals surface area contributed by atoms with Gasteiger partial charge in [0.2, 0.25) is 0 Å². The molecule has 1 fully saturated rings. The second-order valence-corrected chi connectivity index (χ2v) is 9.16. The summed E-state index contributed by atoms with van der Waals surface area (Å²) in [6.07, 6.45) is 2.05. The second kappa shape index (κ2) is 13.1. The molecule has 0 atom stereocenters. The van der Waals surface area contributed by atoms with E-state index < -0.39 is 0 Å². The first-order chi connectivity index (χ1) is 18.0. The molecule has 3 aromatic carbocycles. The number of benzene rings is 3. The lowest BCUT2D eigenvalue weighted by molar-refractivity contribution is -0.131. The zero-order valence-corrected chi connectivity index (χ0v) is 21.9. The van der Waals surface area contributed by atoms with Gasteiger partial charge in [0.1, 0.15) is 18.1 Å². The first-order valence-corrected chi connectivity index (χ1v) is 12.6. The number of nitrogens with zero attached hydrogens (tertiary/aromatic N) is 1. The topological polar surface area (TPSA) is 48.0 Å². The molecular formula is C31H30ClNO4. The highest BCUT2D eigenvalue weighted by atomic mass is 35.5. The van der Waals surface area contributed by atoms with Gasteiger partial charge in [-0.3, -0.25) is 9.69 Å². The normalized spacial score (nSPS) is 14.0. The van der Waals surface area contributed by atoms with Crippen LogP contribution in [-0.4, -0.2) is 50.3 Å². The summed E-state index contributed by atoms with van der Waals surface area (Å²) in [6.45, 7) is 7.80. The molecule has 190 valence electrons. The summed E-state index contributed by atoms with van der Waals surface area (Å²) >= 11 is 6.13. The minimum Gasteiger partial charge on any atom is -0.489 e. The third-order valence-corrected chi connectivity index (χ3v) is 6.18. The van der Waals surface area contributed by atoms with Crippen LogP contribution in [0.15, 0.2) is 72.8 Å². The van der Waals surface area contributed by atoms with Crippen LogP contribution in [0, 0.1) is 18.8 Å². The fourth-order valence-electron chi connectivity index (χ4n) is 3.98. The summed E-state index contributed by atoms with van der Waals surface area (Å²) in [7, 11) is 0. The molecule has 0 spiro atoms. The molecule has 0 aromatic heterocycles. The third kappa shape index (κ3) is 7.96. The van der Waals surface area contributed by atoms with E-state index in [1.807, 2.05) is 49.4 Å². The SMILES string of the molecule is CC(=O)Oc1ccc(OC/C=C(/c2ccc(Cl)cc2)c2ccc(C#CCN3CCOCC3)cc2)cc1C. The van der Waals surface area contributed by atoms with Crippen molar-refractivity contribution in [1.29, 1.82) is 0 Å². The summed E-state index contributed by atoms with van der Waals surface area (Å²) in [5.74, 6) is 7.43. The molecule has 3 aromatic rings. The predicted molar refractivity (Wildman–Crippen MR) is 147 cm³/mol. The molecule has 37 heavy (non-hydrogen) atoms. The Labute approximate surface area is 223 Å². The Morgan fingerprint density at radius 3 is 2.35 bits per heavy atom. The molecule has 0 aliphatic carbocycles. The molecule has 0 bridgehead atoms. The monoisotopic (exact) mass is 515 g/mol. The minimum absolute atomic E-state index is 0.346. The summed E-state index contributed by atoms with van der Waals surface area (Å²) < 4.78 is 16.6. The van der Waals surface area contributed by atoms with Gasteiger partial charge in [-0.25, -0.2) is 0 Å². The predicted octanol–water partition coefficient (Wildman–Crippen LogP) is 5.77.